The number of hydrogen-bond acceptors (Lipinski definition) is 3. The second-order valence-electron chi connectivity index (χ2n) is 12.8. The molecule has 4 atom stereocenters. The van der Waals surface area contributed by atoms with Crippen LogP contribution in [0.5, 0.6) is 0 Å². The van der Waals surface area contributed by atoms with Gasteiger partial charge in [-0.3, -0.25) is 0 Å². The number of pyridine rings is 1. The van der Waals surface area contributed by atoms with Gasteiger partial charge >= 0.3 is 0 Å². The molecule has 2 fully saturated rings. The molecule has 1 aromatic heterocycles. The van der Waals surface area contributed by atoms with Crippen molar-refractivity contribution in [2.24, 2.45) is 29.6 Å². The summed E-state index contributed by atoms with van der Waals surface area (Å²) < 4.78 is 29.8. The minimum Gasteiger partial charge on any atom is -0.370 e. The number of benzene rings is 1. The molecular formula is C34H50ClF2N3. The molecule has 6 heteroatoms. The zero-order valence-corrected chi connectivity index (χ0v) is 25.9. The van der Waals surface area contributed by atoms with Crippen molar-refractivity contribution in [3.8, 4) is 0 Å². The molecule has 3 nitrogen and oxygen atoms in total. The average Bonchev–Trinajstić information content (AvgIpc) is 3.57. The number of aromatic nitrogens is 1. The van der Waals surface area contributed by atoms with Crippen molar-refractivity contribution in [2.45, 2.75) is 111 Å². The summed E-state index contributed by atoms with van der Waals surface area (Å²) in [6.45, 7) is 9.99. The van der Waals surface area contributed by atoms with Gasteiger partial charge in [0, 0.05) is 18.7 Å². The Morgan fingerprint density at radius 3 is 2.42 bits per heavy atom. The van der Waals surface area contributed by atoms with Crippen LogP contribution < -0.4 is 10.6 Å². The Kier molecular flexibility index (Phi) is 11.5. The summed E-state index contributed by atoms with van der Waals surface area (Å²) in [6.07, 6.45) is 14.5. The van der Waals surface area contributed by atoms with E-state index in [0.29, 0.717) is 16.8 Å². The van der Waals surface area contributed by atoms with Crippen molar-refractivity contribution in [3.63, 3.8) is 0 Å². The summed E-state index contributed by atoms with van der Waals surface area (Å²) in [5, 5.41) is 7.05. The van der Waals surface area contributed by atoms with Gasteiger partial charge in [-0.2, -0.15) is 0 Å². The van der Waals surface area contributed by atoms with Crippen LogP contribution in [-0.2, 0) is 13.0 Å². The first-order valence-corrected chi connectivity index (χ1v) is 16.3. The zero-order valence-electron chi connectivity index (χ0n) is 25.1. The van der Waals surface area contributed by atoms with Crippen LogP contribution >= 0.6 is 11.6 Å². The third-order valence-electron chi connectivity index (χ3n) is 9.96. The second-order valence-corrected chi connectivity index (χ2v) is 13.2. The van der Waals surface area contributed by atoms with Crippen LogP contribution in [0.15, 0.2) is 18.2 Å². The van der Waals surface area contributed by atoms with Crippen molar-refractivity contribution in [1.82, 2.24) is 4.98 Å². The van der Waals surface area contributed by atoms with E-state index in [4.69, 9.17) is 16.6 Å². The highest BCUT2D eigenvalue weighted by atomic mass is 35.5. The standard InChI is InChI=1S/C34H50ClF2N3/c1-5-6-9-22(2)28-15-14-27(24(28)4)16-17-38-33-23(3)18-30(35)34(40-33)39-21-29-31(36)19-26(20-32(29)37)13-12-25-10-7-8-11-25/h18-20,22,24-25,27-28H,5-17,21H2,1-4H3,(H2,38,39,40)/t22?,24-,27?,28-/m1/s1. The molecule has 40 heavy (non-hydrogen) atoms. The van der Waals surface area contributed by atoms with E-state index in [1.54, 1.807) is 0 Å². The normalized spacial score (nSPS) is 22.1. The maximum Gasteiger partial charge on any atom is 0.147 e. The first-order valence-electron chi connectivity index (χ1n) is 15.9. The van der Waals surface area contributed by atoms with Crippen LogP contribution in [0.1, 0.15) is 108 Å². The zero-order chi connectivity index (χ0) is 28.6. The van der Waals surface area contributed by atoms with E-state index in [1.807, 2.05) is 13.0 Å². The molecule has 2 saturated carbocycles. The monoisotopic (exact) mass is 573 g/mol. The molecule has 4 rings (SSSR count). The fourth-order valence-corrected chi connectivity index (χ4v) is 7.57. The minimum absolute atomic E-state index is 0.00696. The molecule has 0 saturated heterocycles. The van der Waals surface area contributed by atoms with Gasteiger partial charge in [0.2, 0.25) is 0 Å². The van der Waals surface area contributed by atoms with Crippen LogP contribution in [0.25, 0.3) is 0 Å². The van der Waals surface area contributed by atoms with Crippen molar-refractivity contribution < 1.29 is 8.78 Å². The first kappa shape index (κ1) is 31.1. The van der Waals surface area contributed by atoms with E-state index in [2.05, 4.69) is 31.4 Å². The quantitative estimate of drug-likeness (QED) is 0.236. The van der Waals surface area contributed by atoms with Gasteiger partial charge in [0.25, 0.3) is 0 Å². The van der Waals surface area contributed by atoms with Crippen molar-refractivity contribution in [3.05, 3.63) is 51.5 Å². The molecule has 2 unspecified atom stereocenters. The van der Waals surface area contributed by atoms with Crippen molar-refractivity contribution in [1.29, 1.82) is 0 Å². The maximum atomic E-state index is 14.9. The Hall–Kier alpha value is -1.88. The predicted octanol–water partition coefficient (Wildman–Crippen LogP) is 10.3. The Balaban J connectivity index is 1.30. The van der Waals surface area contributed by atoms with E-state index >= 15 is 0 Å². The molecular weight excluding hydrogens is 524 g/mol. The van der Waals surface area contributed by atoms with Crippen molar-refractivity contribution >= 4 is 23.2 Å². The summed E-state index contributed by atoms with van der Waals surface area (Å²) in [6, 6.07) is 4.85. The average molecular weight is 574 g/mol. The van der Waals surface area contributed by atoms with Gasteiger partial charge in [0.1, 0.15) is 23.3 Å². The van der Waals surface area contributed by atoms with Gasteiger partial charge in [-0.25, -0.2) is 13.8 Å². The molecule has 222 valence electrons. The van der Waals surface area contributed by atoms with Crippen LogP contribution in [-0.4, -0.2) is 11.5 Å². The van der Waals surface area contributed by atoms with E-state index < -0.39 is 11.6 Å². The van der Waals surface area contributed by atoms with Crippen LogP contribution in [0.2, 0.25) is 5.02 Å². The number of nitrogens with one attached hydrogen (secondary N) is 2. The molecule has 0 amide bonds. The maximum absolute atomic E-state index is 14.9. The van der Waals surface area contributed by atoms with Gasteiger partial charge in [0.15, 0.2) is 0 Å². The van der Waals surface area contributed by atoms with E-state index in [1.165, 1.54) is 69.9 Å². The summed E-state index contributed by atoms with van der Waals surface area (Å²) in [5.74, 6) is 4.03. The largest absolute Gasteiger partial charge is 0.370 e. The van der Waals surface area contributed by atoms with E-state index in [-0.39, 0.29) is 12.1 Å². The third-order valence-corrected chi connectivity index (χ3v) is 10.2. The van der Waals surface area contributed by atoms with E-state index in [9.17, 15) is 8.78 Å². The molecule has 0 aliphatic heterocycles. The number of unbranched alkanes of at least 4 members (excludes halogenated alkanes) is 1. The van der Waals surface area contributed by atoms with Crippen LogP contribution in [0.3, 0.4) is 0 Å². The topological polar surface area (TPSA) is 37.0 Å². The molecule has 2 aliphatic carbocycles. The van der Waals surface area contributed by atoms with Gasteiger partial charge in [-0.1, -0.05) is 77.3 Å². The molecule has 2 N–H and O–H groups in total. The summed E-state index contributed by atoms with van der Waals surface area (Å²) in [4.78, 5) is 4.70. The highest BCUT2D eigenvalue weighted by molar-refractivity contribution is 6.33. The number of aryl methyl sites for hydroxylation is 2. The Bertz CT molecular complexity index is 1080. The molecule has 0 radical (unpaired) electrons. The van der Waals surface area contributed by atoms with Gasteiger partial charge in [0.05, 0.1) is 5.02 Å². The molecule has 1 heterocycles. The number of anilines is 2. The smallest absolute Gasteiger partial charge is 0.147 e. The van der Waals surface area contributed by atoms with Crippen LogP contribution in [0.4, 0.5) is 20.4 Å². The van der Waals surface area contributed by atoms with E-state index in [0.717, 1.165) is 66.4 Å². The Labute approximate surface area is 246 Å². The second kappa shape index (κ2) is 14.8. The van der Waals surface area contributed by atoms with Gasteiger partial charge < -0.3 is 10.6 Å². The number of halogens is 3. The SMILES string of the molecule is CCCCC(C)[C@H]1CCC(CCNc2nc(NCc3c(F)cc(CCC4CCCC4)cc3F)c(Cl)cc2C)[C@H]1C. The lowest BCUT2D eigenvalue weighted by atomic mass is 9.80. The Morgan fingerprint density at radius 1 is 1.00 bits per heavy atom. The highest BCUT2D eigenvalue weighted by Crippen LogP contribution is 2.44. The molecule has 0 bridgehead atoms. The molecule has 2 aromatic rings. The lowest BCUT2D eigenvalue weighted by molar-refractivity contribution is 0.241. The molecule has 2 aliphatic rings. The van der Waals surface area contributed by atoms with Gasteiger partial charge in [-0.15, -0.1) is 0 Å². The number of rotatable bonds is 14. The van der Waals surface area contributed by atoms with Gasteiger partial charge in [-0.05, 0) is 97.9 Å². The summed E-state index contributed by atoms with van der Waals surface area (Å²) >= 11 is 6.47. The summed E-state index contributed by atoms with van der Waals surface area (Å²) in [7, 11) is 0. The number of hydrogen-bond donors (Lipinski definition) is 2. The predicted molar refractivity (Wildman–Crippen MR) is 165 cm³/mol. The first-order chi connectivity index (χ1) is 19.3. The third kappa shape index (κ3) is 8.11. The lowest BCUT2D eigenvalue weighted by Crippen LogP contribution is -2.20. The van der Waals surface area contributed by atoms with Crippen molar-refractivity contribution in [2.75, 3.05) is 17.2 Å². The molecule has 0 spiro atoms. The fourth-order valence-electron chi connectivity index (χ4n) is 7.30. The lowest BCUT2D eigenvalue weighted by Gasteiger charge is -2.26. The summed E-state index contributed by atoms with van der Waals surface area (Å²) in [5.41, 5.74) is 1.72. The van der Waals surface area contributed by atoms with Crippen LogP contribution in [0, 0.1) is 48.1 Å². The Morgan fingerprint density at radius 2 is 1.73 bits per heavy atom. The highest BCUT2D eigenvalue weighted by Gasteiger charge is 2.35. The fraction of sp³-hybridized carbons (Fsp3) is 0.676. The number of nitrogens with zero attached hydrogens (tertiary/aromatic N) is 1. The minimum atomic E-state index is -0.511. The molecule has 1 aromatic carbocycles.